The number of fused-ring (bicyclic) bond motifs is 1. The molecule has 1 amide bonds. The van der Waals surface area contributed by atoms with E-state index in [1.807, 2.05) is 11.0 Å². The van der Waals surface area contributed by atoms with Gasteiger partial charge in [-0.1, -0.05) is 24.6 Å². The highest BCUT2D eigenvalue weighted by atomic mass is 16.2. The molecule has 0 saturated carbocycles. The van der Waals surface area contributed by atoms with Crippen molar-refractivity contribution in [1.29, 1.82) is 0 Å². The monoisotopic (exact) mass is 244 g/mol. The Labute approximate surface area is 108 Å². The Morgan fingerprint density at radius 2 is 2.22 bits per heavy atom. The van der Waals surface area contributed by atoms with Gasteiger partial charge in [0.15, 0.2) is 0 Å². The van der Waals surface area contributed by atoms with Gasteiger partial charge in [-0.15, -0.1) is 0 Å². The summed E-state index contributed by atoms with van der Waals surface area (Å²) in [5, 5.41) is 3.45. The highest BCUT2D eigenvalue weighted by Gasteiger charge is 2.26. The van der Waals surface area contributed by atoms with Crippen LogP contribution in [0.25, 0.3) is 0 Å². The van der Waals surface area contributed by atoms with Crippen molar-refractivity contribution < 1.29 is 4.79 Å². The molecule has 2 aliphatic rings. The number of carbonyl (C=O) groups excluding carboxylic acids is 1. The molecule has 3 nitrogen and oxygen atoms in total. The van der Waals surface area contributed by atoms with E-state index < -0.39 is 0 Å². The first kappa shape index (κ1) is 11.7. The molecular weight excluding hydrogens is 224 g/mol. The van der Waals surface area contributed by atoms with Crippen molar-refractivity contribution in [2.45, 2.75) is 38.1 Å². The molecule has 1 atom stereocenters. The van der Waals surface area contributed by atoms with Crippen LogP contribution in [-0.2, 0) is 11.2 Å². The molecule has 0 radical (unpaired) electrons. The van der Waals surface area contributed by atoms with Gasteiger partial charge >= 0.3 is 0 Å². The lowest BCUT2D eigenvalue weighted by Crippen LogP contribution is -2.40. The summed E-state index contributed by atoms with van der Waals surface area (Å²) in [7, 11) is 0. The second-order valence-corrected chi connectivity index (χ2v) is 5.28. The van der Waals surface area contributed by atoms with Gasteiger partial charge in [0.05, 0.1) is 0 Å². The molecule has 1 aromatic carbocycles. The lowest BCUT2D eigenvalue weighted by molar-refractivity contribution is -0.119. The maximum absolute atomic E-state index is 12.4. The molecule has 2 heterocycles. The maximum atomic E-state index is 12.4. The van der Waals surface area contributed by atoms with Gasteiger partial charge < -0.3 is 10.2 Å². The fourth-order valence-corrected chi connectivity index (χ4v) is 3.02. The standard InChI is InChI=1S/C15H20N2O/c18-15(11-13-6-3-4-9-16-13)17-10-8-12-5-1-2-7-14(12)17/h1-2,5,7,13,16H,3-4,6,8-11H2. The molecule has 3 rings (SSSR count). The number of nitrogens with one attached hydrogen (secondary N) is 1. The number of anilines is 1. The molecule has 2 aliphatic heterocycles. The zero-order valence-corrected chi connectivity index (χ0v) is 10.7. The van der Waals surface area contributed by atoms with Gasteiger partial charge in [-0.05, 0) is 37.4 Å². The molecule has 96 valence electrons. The molecule has 18 heavy (non-hydrogen) atoms. The molecule has 1 aromatic rings. The van der Waals surface area contributed by atoms with Crippen molar-refractivity contribution in [1.82, 2.24) is 5.32 Å². The van der Waals surface area contributed by atoms with Crippen molar-refractivity contribution in [3.63, 3.8) is 0 Å². The van der Waals surface area contributed by atoms with Gasteiger partial charge in [-0.25, -0.2) is 0 Å². The average Bonchev–Trinajstić information content (AvgIpc) is 2.84. The summed E-state index contributed by atoms with van der Waals surface area (Å²) >= 11 is 0. The quantitative estimate of drug-likeness (QED) is 0.864. The number of nitrogens with zero attached hydrogens (tertiary/aromatic N) is 1. The van der Waals surface area contributed by atoms with Crippen molar-refractivity contribution in [2.75, 3.05) is 18.0 Å². The second-order valence-electron chi connectivity index (χ2n) is 5.28. The molecular formula is C15H20N2O. The largest absolute Gasteiger partial charge is 0.313 e. The summed E-state index contributed by atoms with van der Waals surface area (Å²) in [6.45, 7) is 1.92. The molecule has 0 bridgehead atoms. The predicted octanol–water partition coefficient (Wildman–Crippen LogP) is 2.11. The number of amides is 1. The minimum Gasteiger partial charge on any atom is -0.313 e. The van der Waals surface area contributed by atoms with Crippen molar-refractivity contribution in [3.05, 3.63) is 29.8 Å². The van der Waals surface area contributed by atoms with E-state index in [1.165, 1.54) is 18.4 Å². The molecule has 0 aromatic heterocycles. The summed E-state index contributed by atoms with van der Waals surface area (Å²) in [5.41, 5.74) is 2.43. The molecule has 1 unspecified atom stereocenters. The van der Waals surface area contributed by atoms with E-state index in [2.05, 4.69) is 23.5 Å². The zero-order chi connectivity index (χ0) is 12.4. The summed E-state index contributed by atoms with van der Waals surface area (Å²) in [4.78, 5) is 14.3. The van der Waals surface area contributed by atoms with E-state index in [4.69, 9.17) is 0 Å². The third kappa shape index (κ3) is 2.27. The van der Waals surface area contributed by atoms with E-state index in [9.17, 15) is 4.79 Å². The Morgan fingerprint density at radius 1 is 1.33 bits per heavy atom. The molecule has 0 spiro atoms. The van der Waals surface area contributed by atoms with Crippen LogP contribution in [-0.4, -0.2) is 25.0 Å². The van der Waals surface area contributed by atoms with Crippen LogP contribution in [0.4, 0.5) is 5.69 Å². The summed E-state index contributed by atoms with van der Waals surface area (Å²) in [5.74, 6) is 0.277. The van der Waals surface area contributed by atoms with E-state index >= 15 is 0 Å². The van der Waals surface area contributed by atoms with Crippen LogP contribution in [0.1, 0.15) is 31.2 Å². The maximum Gasteiger partial charge on any atom is 0.228 e. The third-order valence-corrected chi connectivity index (χ3v) is 4.02. The van der Waals surface area contributed by atoms with E-state index in [0.29, 0.717) is 12.5 Å². The van der Waals surface area contributed by atoms with Gasteiger partial charge in [0.25, 0.3) is 0 Å². The highest BCUT2D eigenvalue weighted by Crippen LogP contribution is 2.28. The van der Waals surface area contributed by atoms with Gasteiger partial charge in [0, 0.05) is 24.7 Å². The fraction of sp³-hybridized carbons (Fsp3) is 0.533. The SMILES string of the molecule is O=C(CC1CCCCN1)N1CCc2ccccc21. The first-order valence-corrected chi connectivity index (χ1v) is 6.96. The van der Waals surface area contributed by atoms with Crippen LogP contribution in [0.5, 0.6) is 0 Å². The summed E-state index contributed by atoms with van der Waals surface area (Å²) in [6, 6.07) is 8.65. The number of piperidine rings is 1. The molecule has 3 heteroatoms. The van der Waals surface area contributed by atoms with E-state index in [-0.39, 0.29) is 5.91 Å². The fourth-order valence-electron chi connectivity index (χ4n) is 3.02. The molecule has 1 N–H and O–H groups in total. The van der Waals surface area contributed by atoms with Crippen molar-refractivity contribution >= 4 is 11.6 Å². The second kappa shape index (κ2) is 5.11. The van der Waals surface area contributed by atoms with Gasteiger partial charge in [0.1, 0.15) is 0 Å². The molecule has 1 fully saturated rings. The van der Waals surface area contributed by atoms with Crippen molar-refractivity contribution in [3.8, 4) is 0 Å². The zero-order valence-electron chi connectivity index (χ0n) is 10.7. The number of hydrogen-bond acceptors (Lipinski definition) is 2. The number of hydrogen-bond donors (Lipinski definition) is 1. The van der Waals surface area contributed by atoms with Crippen LogP contribution in [0.3, 0.4) is 0 Å². The molecule has 0 aliphatic carbocycles. The Kier molecular flexibility index (Phi) is 3.33. The Morgan fingerprint density at radius 3 is 3.06 bits per heavy atom. The minimum absolute atomic E-state index is 0.277. The van der Waals surface area contributed by atoms with E-state index in [0.717, 1.165) is 31.6 Å². The number of para-hydroxylation sites is 1. The van der Waals surface area contributed by atoms with Gasteiger partial charge in [-0.3, -0.25) is 4.79 Å². The highest BCUT2D eigenvalue weighted by molar-refractivity contribution is 5.95. The first-order chi connectivity index (χ1) is 8.84. The van der Waals surface area contributed by atoms with Crippen LogP contribution in [0, 0.1) is 0 Å². The lowest BCUT2D eigenvalue weighted by Gasteiger charge is -2.25. The average molecular weight is 244 g/mol. The Balaban J connectivity index is 1.67. The normalized spacial score (nSPS) is 22.9. The summed E-state index contributed by atoms with van der Waals surface area (Å²) < 4.78 is 0. The predicted molar refractivity (Wildman–Crippen MR) is 72.8 cm³/mol. The number of rotatable bonds is 2. The number of benzene rings is 1. The minimum atomic E-state index is 0.277. The van der Waals surface area contributed by atoms with Crippen molar-refractivity contribution in [2.24, 2.45) is 0 Å². The summed E-state index contributed by atoms with van der Waals surface area (Å²) in [6.07, 6.45) is 5.29. The van der Waals surface area contributed by atoms with Gasteiger partial charge in [-0.2, -0.15) is 0 Å². The van der Waals surface area contributed by atoms with Gasteiger partial charge in [0.2, 0.25) is 5.91 Å². The van der Waals surface area contributed by atoms with E-state index in [1.54, 1.807) is 0 Å². The molecule has 1 saturated heterocycles. The smallest absolute Gasteiger partial charge is 0.228 e. The Hall–Kier alpha value is -1.35. The van der Waals surface area contributed by atoms with Crippen LogP contribution in [0.2, 0.25) is 0 Å². The first-order valence-electron chi connectivity index (χ1n) is 6.96. The van der Waals surface area contributed by atoms with Crippen LogP contribution >= 0.6 is 0 Å². The topological polar surface area (TPSA) is 32.3 Å². The van der Waals surface area contributed by atoms with Crippen LogP contribution < -0.4 is 10.2 Å². The lowest BCUT2D eigenvalue weighted by atomic mass is 10.0. The number of carbonyl (C=O) groups is 1. The third-order valence-electron chi connectivity index (χ3n) is 4.02. The Bertz CT molecular complexity index is 438. The van der Waals surface area contributed by atoms with Crippen LogP contribution in [0.15, 0.2) is 24.3 Å².